The maximum absolute atomic E-state index is 12.4. The van der Waals surface area contributed by atoms with E-state index < -0.39 is 0 Å². The number of amides is 1. The standard InChI is InChI=1S/C17H22N2O3/c20-16(13-4-2-1-3-5-13)14-6-9-19(10-7-14)17(21)15-12-18-8-11-22-15/h1-5,14-15,18H,6-12H2. The van der Waals surface area contributed by atoms with Gasteiger partial charge in [-0.25, -0.2) is 0 Å². The summed E-state index contributed by atoms with van der Waals surface area (Å²) in [4.78, 5) is 26.7. The number of Topliss-reactive ketones (excluding diaryl/α,β-unsaturated/α-hetero) is 1. The first-order valence-corrected chi connectivity index (χ1v) is 7.96. The van der Waals surface area contributed by atoms with Crippen molar-refractivity contribution in [1.29, 1.82) is 0 Å². The van der Waals surface area contributed by atoms with Crippen molar-refractivity contribution in [3.05, 3.63) is 35.9 Å². The van der Waals surface area contributed by atoms with Crippen LogP contribution in [-0.4, -0.2) is 55.5 Å². The third-order valence-electron chi connectivity index (χ3n) is 4.44. The fourth-order valence-corrected chi connectivity index (χ4v) is 3.13. The molecule has 1 N–H and O–H groups in total. The van der Waals surface area contributed by atoms with Gasteiger partial charge in [0.1, 0.15) is 6.10 Å². The van der Waals surface area contributed by atoms with E-state index in [4.69, 9.17) is 4.74 Å². The molecule has 2 aliphatic rings. The summed E-state index contributed by atoms with van der Waals surface area (Å²) in [6, 6.07) is 9.41. The van der Waals surface area contributed by atoms with Crippen LogP contribution in [0.25, 0.3) is 0 Å². The van der Waals surface area contributed by atoms with Gasteiger partial charge in [-0.1, -0.05) is 30.3 Å². The molecule has 0 bridgehead atoms. The average Bonchev–Trinajstić information content (AvgIpc) is 2.62. The largest absolute Gasteiger partial charge is 0.366 e. The van der Waals surface area contributed by atoms with Crippen molar-refractivity contribution in [2.75, 3.05) is 32.8 Å². The number of likely N-dealkylation sites (tertiary alicyclic amines) is 1. The van der Waals surface area contributed by atoms with E-state index >= 15 is 0 Å². The number of carbonyl (C=O) groups is 2. The van der Waals surface area contributed by atoms with Crippen molar-refractivity contribution < 1.29 is 14.3 Å². The molecule has 3 rings (SSSR count). The number of carbonyl (C=O) groups excluding carboxylic acids is 2. The number of rotatable bonds is 3. The summed E-state index contributed by atoms with van der Waals surface area (Å²) in [6.45, 7) is 3.25. The van der Waals surface area contributed by atoms with Gasteiger partial charge in [0.25, 0.3) is 5.91 Å². The van der Waals surface area contributed by atoms with Crippen molar-refractivity contribution in [2.24, 2.45) is 5.92 Å². The Kier molecular flexibility index (Phi) is 4.85. The van der Waals surface area contributed by atoms with Gasteiger partial charge in [-0.3, -0.25) is 9.59 Å². The van der Waals surface area contributed by atoms with E-state index in [1.54, 1.807) is 0 Å². The number of piperidine rings is 1. The van der Waals surface area contributed by atoms with Crippen molar-refractivity contribution in [2.45, 2.75) is 18.9 Å². The van der Waals surface area contributed by atoms with Gasteiger partial charge in [-0.15, -0.1) is 0 Å². The normalized spacial score (nSPS) is 23.3. The fraction of sp³-hybridized carbons (Fsp3) is 0.529. The molecule has 5 heteroatoms. The minimum absolute atomic E-state index is 0.0249. The first-order valence-electron chi connectivity index (χ1n) is 7.96. The third kappa shape index (κ3) is 3.36. The molecule has 1 aromatic rings. The van der Waals surface area contributed by atoms with Crippen LogP contribution in [0.5, 0.6) is 0 Å². The van der Waals surface area contributed by atoms with E-state index in [2.05, 4.69) is 5.32 Å². The topological polar surface area (TPSA) is 58.6 Å². The Bertz CT molecular complexity index is 518. The van der Waals surface area contributed by atoms with Gasteiger partial charge in [0.2, 0.25) is 0 Å². The maximum Gasteiger partial charge on any atom is 0.253 e. The molecule has 1 unspecified atom stereocenters. The smallest absolute Gasteiger partial charge is 0.253 e. The molecular weight excluding hydrogens is 280 g/mol. The highest BCUT2D eigenvalue weighted by atomic mass is 16.5. The van der Waals surface area contributed by atoms with Crippen LogP contribution in [0.2, 0.25) is 0 Å². The molecule has 0 saturated carbocycles. The van der Waals surface area contributed by atoms with Crippen LogP contribution in [0.15, 0.2) is 30.3 Å². The molecule has 2 aliphatic heterocycles. The summed E-state index contributed by atoms with van der Waals surface area (Å²) >= 11 is 0. The second-order valence-corrected chi connectivity index (χ2v) is 5.89. The zero-order valence-electron chi connectivity index (χ0n) is 12.7. The number of hydrogen-bond acceptors (Lipinski definition) is 4. The van der Waals surface area contributed by atoms with Gasteiger partial charge in [-0.2, -0.15) is 0 Å². The monoisotopic (exact) mass is 302 g/mol. The Morgan fingerprint density at radius 3 is 2.50 bits per heavy atom. The van der Waals surface area contributed by atoms with Gasteiger partial charge >= 0.3 is 0 Å². The minimum atomic E-state index is -0.366. The van der Waals surface area contributed by atoms with Crippen LogP contribution in [-0.2, 0) is 9.53 Å². The van der Waals surface area contributed by atoms with Crippen molar-refractivity contribution in [3.8, 4) is 0 Å². The Morgan fingerprint density at radius 1 is 1.14 bits per heavy atom. The molecule has 2 saturated heterocycles. The molecule has 0 aliphatic carbocycles. The van der Waals surface area contributed by atoms with Crippen molar-refractivity contribution in [1.82, 2.24) is 10.2 Å². The molecule has 1 atom stereocenters. The molecule has 0 aromatic heterocycles. The lowest BCUT2D eigenvalue weighted by Gasteiger charge is -2.34. The molecule has 2 heterocycles. The summed E-state index contributed by atoms with van der Waals surface area (Å²) < 4.78 is 5.52. The van der Waals surface area contributed by atoms with E-state index in [0.29, 0.717) is 26.2 Å². The number of morpholine rings is 1. The number of nitrogens with one attached hydrogen (secondary N) is 1. The molecule has 1 aromatic carbocycles. The number of ether oxygens (including phenoxy) is 1. The van der Waals surface area contributed by atoms with Gasteiger partial charge in [0.05, 0.1) is 6.61 Å². The molecule has 2 fully saturated rings. The first-order chi connectivity index (χ1) is 10.8. The highest BCUT2D eigenvalue weighted by Crippen LogP contribution is 2.22. The molecule has 5 nitrogen and oxygen atoms in total. The number of nitrogens with zero attached hydrogens (tertiary/aromatic N) is 1. The summed E-state index contributed by atoms with van der Waals surface area (Å²) in [5.41, 5.74) is 0.770. The van der Waals surface area contributed by atoms with Crippen molar-refractivity contribution in [3.63, 3.8) is 0 Å². The summed E-state index contributed by atoms with van der Waals surface area (Å²) in [5, 5.41) is 3.18. The summed E-state index contributed by atoms with van der Waals surface area (Å²) in [5.74, 6) is 0.276. The Hall–Kier alpha value is -1.72. The van der Waals surface area contributed by atoms with Crippen LogP contribution in [0.4, 0.5) is 0 Å². The van der Waals surface area contributed by atoms with Crippen molar-refractivity contribution >= 4 is 11.7 Å². The number of ketones is 1. The SMILES string of the molecule is O=C(c1ccccc1)C1CCN(C(=O)C2CNCCO2)CC1. The lowest BCUT2D eigenvalue weighted by atomic mass is 9.89. The van der Waals surface area contributed by atoms with Gasteiger partial charge in [-0.05, 0) is 12.8 Å². The second kappa shape index (κ2) is 7.03. The Balaban J connectivity index is 1.54. The lowest BCUT2D eigenvalue weighted by Crippen LogP contribution is -2.51. The van der Waals surface area contributed by atoms with Gasteiger partial charge < -0.3 is 15.0 Å². The number of benzene rings is 1. The van der Waals surface area contributed by atoms with E-state index in [9.17, 15) is 9.59 Å². The second-order valence-electron chi connectivity index (χ2n) is 5.89. The third-order valence-corrected chi connectivity index (χ3v) is 4.44. The van der Waals surface area contributed by atoms with Crippen LogP contribution < -0.4 is 5.32 Å². The summed E-state index contributed by atoms with van der Waals surface area (Å²) in [7, 11) is 0. The predicted octanol–water partition coefficient (Wildman–Crippen LogP) is 1.10. The fourth-order valence-electron chi connectivity index (χ4n) is 3.13. The molecule has 0 radical (unpaired) electrons. The van der Waals surface area contributed by atoms with Crippen LogP contribution in [0.1, 0.15) is 23.2 Å². The Morgan fingerprint density at radius 2 is 1.86 bits per heavy atom. The average molecular weight is 302 g/mol. The molecule has 0 spiro atoms. The molecule has 1 amide bonds. The highest BCUT2D eigenvalue weighted by molar-refractivity contribution is 5.98. The minimum Gasteiger partial charge on any atom is -0.366 e. The van der Waals surface area contributed by atoms with Crippen LogP contribution >= 0.6 is 0 Å². The van der Waals surface area contributed by atoms with Crippen LogP contribution in [0, 0.1) is 5.92 Å². The predicted molar refractivity (Wildman–Crippen MR) is 82.7 cm³/mol. The van der Waals surface area contributed by atoms with E-state index in [-0.39, 0.29) is 23.7 Å². The Labute approximate surface area is 130 Å². The number of hydrogen-bond donors (Lipinski definition) is 1. The van der Waals surface area contributed by atoms with Gasteiger partial charge in [0.15, 0.2) is 5.78 Å². The lowest BCUT2D eigenvalue weighted by molar-refractivity contribution is -0.146. The van der Waals surface area contributed by atoms with Gasteiger partial charge in [0, 0.05) is 37.7 Å². The zero-order chi connectivity index (χ0) is 15.4. The van der Waals surface area contributed by atoms with E-state index in [0.717, 1.165) is 24.9 Å². The molecular formula is C17H22N2O3. The zero-order valence-corrected chi connectivity index (χ0v) is 12.7. The van der Waals surface area contributed by atoms with Crippen LogP contribution in [0.3, 0.4) is 0 Å². The summed E-state index contributed by atoms with van der Waals surface area (Å²) in [6.07, 6.45) is 1.11. The van der Waals surface area contributed by atoms with E-state index in [1.807, 2.05) is 35.2 Å². The maximum atomic E-state index is 12.4. The quantitative estimate of drug-likeness (QED) is 0.849. The molecule has 22 heavy (non-hydrogen) atoms. The van der Waals surface area contributed by atoms with E-state index in [1.165, 1.54) is 0 Å². The highest BCUT2D eigenvalue weighted by Gasteiger charge is 2.32. The molecule has 118 valence electrons. The first kappa shape index (κ1) is 15.2.